The smallest absolute Gasteiger partial charge is 0.155 e. The van der Waals surface area contributed by atoms with Crippen molar-refractivity contribution in [1.29, 1.82) is 0 Å². The molecule has 0 aliphatic heterocycles. The first-order valence-electron chi connectivity index (χ1n) is 10.6. The molecule has 5 aliphatic carbocycles. The largest absolute Gasteiger partial charge is 0.295 e. The van der Waals surface area contributed by atoms with Gasteiger partial charge >= 0.3 is 0 Å². The van der Waals surface area contributed by atoms with E-state index in [1.54, 1.807) is 0 Å². The molecule has 0 radical (unpaired) electrons. The maximum absolute atomic E-state index is 11.9. The lowest BCUT2D eigenvalue weighted by Crippen LogP contribution is -2.51. The normalized spacial score (nSPS) is 55.8. The van der Waals surface area contributed by atoms with Crippen LogP contribution in [0, 0.1) is 70.5 Å². The van der Waals surface area contributed by atoms with Gasteiger partial charge in [0.2, 0.25) is 0 Å². The minimum absolute atomic E-state index is 0.382. The van der Waals surface area contributed by atoms with Crippen LogP contribution < -0.4 is 0 Å². The van der Waals surface area contributed by atoms with Crippen LogP contribution in [-0.2, 0) is 4.79 Å². The van der Waals surface area contributed by atoms with Gasteiger partial charge in [0.05, 0.1) is 0 Å². The van der Waals surface area contributed by atoms with E-state index in [9.17, 15) is 4.79 Å². The van der Waals surface area contributed by atoms with Gasteiger partial charge in [0, 0.05) is 12.3 Å². The fourth-order valence-corrected chi connectivity index (χ4v) is 8.40. The third-order valence-corrected chi connectivity index (χ3v) is 9.27. The molecule has 134 valence electrons. The fourth-order valence-electron chi connectivity index (χ4n) is 8.40. The van der Waals surface area contributed by atoms with E-state index in [2.05, 4.69) is 32.6 Å². The molecular formula is C24H32O. The number of hydrogen-bond donors (Lipinski definition) is 0. The highest BCUT2D eigenvalue weighted by Gasteiger charge is 2.72. The van der Waals surface area contributed by atoms with Gasteiger partial charge in [-0.3, -0.25) is 4.79 Å². The number of fused-ring (bicyclic) bond motifs is 7. The van der Waals surface area contributed by atoms with Crippen molar-refractivity contribution in [3.05, 3.63) is 11.6 Å². The molecule has 0 aromatic heterocycles. The molecule has 1 nitrogen and oxygen atoms in total. The van der Waals surface area contributed by atoms with Crippen molar-refractivity contribution in [2.24, 2.45) is 58.7 Å². The second-order valence-corrected chi connectivity index (χ2v) is 10.2. The van der Waals surface area contributed by atoms with Crippen LogP contribution in [0.2, 0.25) is 0 Å². The van der Waals surface area contributed by atoms with E-state index in [1.165, 1.54) is 24.8 Å². The standard InChI is InChI=1S/C24H32O/c1-5-6-19-21-14(3)22(21)23-20-13(2)11-15-12-16(25)7-8-17(15)18(20)9-10-24(19,23)4/h12-14,17-23H,7-11H2,1-4H3. The SMILES string of the molecule is CC#CC1C2C(C)C2C2C3C(C)CC4=CC(=O)CCC4C3CCC12C. The topological polar surface area (TPSA) is 17.1 Å². The van der Waals surface area contributed by atoms with Gasteiger partial charge in [0.15, 0.2) is 5.78 Å². The van der Waals surface area contributed by atoms with Crippen molar-refractivity contribution in [3.63, 3.8) is 0 Å². The second-order valence-electron chi connectivity index (χ2n) is 10.2. The number of allylic oxidation sites excluding steroid dienone is 1. The molecule has 0 amide bonds. The van der Waals surface area contributed by atoms with E-state index in [1.807, 2.05) is 13.0 Å². The average Bonchev–Trinajstić information content (AvgIpc) is 3.12. The number of carbonyl (C=O) groups excluding carboxylic acids is 1. The summed E-state index contributed by atoms with van der Waals surface area (Å²) in [6.07, 6.45) is 7.87. The third-order valence-electron chi connectivity index (χ3n) is 9.27. The zero-order valence-corrected chi connectivity index (χ0v) is 16.2. The monoisotopic (exact) mass is 336 g/mol. The van der Waals surface area contributed by atoms with Gasteiger partial charge in [-0.2, -0.15) is 0 Å². The number of ketones is 1. The molecule has 0 heterocycles. The molecule has 0 saturated heterocycles. The van der Waals surface area contributed by atoms with E-state index in [0.29, 0.717) is 23.0 Å². The number of hydrogen-bond acceptors (Lipinski definition) is 1. The van der Waals surface area contributed by atoms with Crippen LogP contribution >= 0.6 is 0 Å². The zero-order chi connectivity index (χ0) is 17.5. The highest BCUT2D eigenvalue weighted by atomic mass is 16.1. The van der Waals surface area contributed by atoms with Gasteiger partial charge < -0.3 is 0 Å². The molecule has 0 spiro atoms. The quantitative estimate of drug-likeness (QED) is 0.561. The van der Waals surface area contributed by atoms with Crippen LogP contribution in [0.5, 0.6) is 0 Å². The minimum Gasteiger partial charge on any atom is -0.295 e. The van der Waals surface area contributed by atoms with E-state index in [0.717, 1.165) is 54.3 Å². The Balaban J connectivity index is 1.54. The molecule has 4 saturated carbocycles. The molecule has 5 rings (SSSR count). The molecule has 0 N–H and O–H groups in total. The number of rotatable bonds is 0. The second kappa shape index (κ2) is 5.25. The summed E-state index contributed by atoms with van der Waals surface area (Å²) in [4.78, 5) is 11.9. The van der Waals surface area contributed by atoms with Crippen LogP contribution in [-0.4, -0.2) is 5.78 Å². The van der Waals surface area contributed by atoms with Crippen molar-refractivity contribution in [1.82, 2.24) is 0 Å². The summed E-state index contributed by atoms with van der Waals surface area (Å²) in [6, 6.07) is 0. The summed E-state index contributed by atoms with van der Waals surface area (Å²) < 4.78 is 0. The maximum atomic E-state index is 11.9. The van der Waals surface area contributed by atoms with Crippen molar-refractivity contribution >= 4 is 5.78 Å². The molecule has 0 aromatic rings. The van der Waals surface area contributed by atoms with E-state index in [-0.39, 0.29) is 0 Å². The van der Waals surface area contributed by atoms with Crippen molar-refractivity contribution < 1.29 is 4.79 Å². The summed E-state index contributed by atoms with van der Waals surface area (Å²) in [5.41, 5.74) is 1.96. The predicted molar refractivity (Wildman–Crippen MR) is 100 cm³/mol. The lowest BCUT2D eigenvalue weighted by atomic mass is 9.47. The first-order chi connectivity index (χ1) is 12.0. The van der Waals surface area contributed by atoms with Crippen LogP contribution in [0.3, 0.4) is 0 Å². The first-order valence-corrected chi connectivity index (χ1v) is 10.6. The van der Waals surface area contributed by atoms with Gasteiger partial charge in [0.1, 0.15) is 0 Å². The fraction of sp³-hybridized carbons (Fsp3) is 0.792. The molecule has 25 heavy (non-hydrogen) atoms. The number of carbonyl (C=O) groups is 1. The molecular weight excluding hydrogens is 304 g/mol. The molecule has 0 bridgehead atoms. The Kier molecular flexibility index (Phi) is 3.39. The van der Waals surface area contributed by atoms with Crippen molar-refractivity contribution in [3.8, 4) is 11.8 Å². The summed E-state index contributed by atoms with van der Waals surface area (Å²) in [7, 11) is 0. The highest BCUT2D eigenvalue weighted by Crippen LogP contribution is 2.76. The Morgan fingerprint density at radius 2 is 1.96 bits per heavy atom. The van der Waals surface area contributed by atoms with E-state index < -0.39 is 0 Å². The third kappa shape index (κ3) is 2.01. The Hall–Kier alpha value is -1.03. The maximum Gasteiger partial charge on any atom is 0.155 e. The van der Waals surface area contributed by atoms with Crippen LogP contribution in [0.25, 0.3) is 0 Å². The van der Waals surface area contributed by atoms with Gasteiger partial charge in [-0.1, -0.05) is 32.3 Å². The van der Waals surface area contributed by atoms with Crippen LogP contribution in [0.1, 0.15) is 59.8 Å². The van der Waals surface area contributed by atoms with Gasteiger partial charge in [-0.05, 0) is 91.4 Å². The van der Waals surface area contributed by atoms with Gasteiger partial charge in [-0.25, -0.2) is 0 Å². The molecule has 5 aliphatic rings. The minimum atomic E-state index is 0.382. The molecule has 1 heteroatoms. The average molecular weight is 337 g/mol. The predicted octanol–water partition coefficient (Wildman–Crippen LogP) is 5.12. The van der Waals surface area contributed by atoms with E-state index in [4.69, 9.17) is 0 Å². The van der Waals surface area contributed by atoms with Crippen molar-refractivity contribution in [2.75, 3.05) is 0 Å². The molecule has 10 unspecified atom stereocenters. The van der Waals surface area contributed by atoms with Crippen LogP contribution in [0.4, 0.5) is 0 Å². The molecule has 4 fully saturated rings. The van der Waals surface area contributed by atoms with Crippen molar-refractivity contribution in [2.45, 2.75) is 59.8 Å². The van der Waals surface area contributed by atoms with Gasteiger partial charge in [0.25, 0.3) is 0 Å². The Bertz CT molecular complexity index is 705. The summed E-state index contributed by atoms with van der Waals surface area (Å²) >= 11 is 0. The lowest BCUT2D eigenvalue weighted by Gasteiger charge is -2.57. The lowest BCUT2D eigenvalue weighted by molar-refractivity contribution is -0.116. The Labute approximate surface area is 153 Å². The summed E-state index contributed by atoms with van der Waals surface area (Å²) in [5, 5.41) is 0. The van der Waals surface area contributed by atoms with Crippen LogP contribution in [0.15, 0.2) is 11.6 Å². The Morgan fingerprint density at radius 1 is 1.16 bits per heavy atom. The highest BCUT2D eigenvalue weighted by molar-refractivity contribution is 5.91. The Morgan fingerprint density at radius 3 is 2.72 bits per heavy atom. The summed E-state index contributed by atoms with van der Waals surface area (Å²) in [5.74, 6) is 14.7. The summed E-state index contributed by atoms with van der Waals surface area (Å²) in [6.45, 7) is 9.59. The van der Waals surface area contributed by atoms with Gasteiger partial charge in [-0.15, -0.1) is 5.92 Å². The molecule has 10 atom stereocenters. The first kappa shape index (κ1) is 16.2. The molecule has 0 aromatic carbocycles. The zero-order valence-electron chi connectivity index (χ0n) is 16.2. The van der Waals surface area contributed by atoms with E-state index >= 15 is 0 Å².